The van der Waals surface area contributed by atoms with Crippen molar-refractivity contribution in [1.82, 2.24) is 19.8 Å². The number of ether oxygens (including phenoxy) is 1. The van der Waals surface area contributed by atoms with E-state index in [-0.39, 0.29) is 36.2 Å². The van der Waals surface area contributed by atoms with E-state index in [9.17, 15) is 14.4 Å². The minimum absolute atomic E-state index is 0.0390. The molecule has 1 saturated heterocycles. The number of hydrogen-bond acceptors (Lipinski definition) is 6. The number of nitrogens with one attached hydrogen (secondary N) is 1. The first-order valence-corrected chi connectivity index (χ1v) is 11.0. The minimum atomic E-state index is -0.345. The van der Waals surface area contributed by atoms with Crippen molar-refractivity contribution in [2.24, 2.45) is 0 Å². The van der Waals surface area contributed by atoms with Crippen molar-refractivity contribution in [2.45, 2.75) is 32.2 Å². The summed E-state index contributed by atoms with van der Waals surface area (Å²) in [6.45, 7) is 2.43. The molecule has 0 radical (unpaired) electrons. The summed E-state index contributed by atoms with van der Waals surface area (Å²) >= 11 is 0.905. The van der Waals surface area contributed by atoms with Gasteiger partial charge in [0, 0.05) is 37.9 Å². The van der Waals surface area contributed by atoms with Gasteiger partial charge in [-0.3, -0.25) is 19.3 Å². The average Bonchev–Trinajstić information content (AvgIpc) is 3.38. The fourth-order valence-electron chi connectivity index (χ4n) is 3.31. The van der Waals surface area contributed by atoms with E-state index >= 15 is 0 Å². The summed E-state index contributed by atoms with van der Waals surface area (Å²) < 4.78 is 7.06. The highest BCUT2D eigenvalue weighted by Crippen LogP contribution is 2.32. The Morgan fingerprint density at radius 2 is 2.06 bits per heavy atom. The summed E-state index contributed by atoms with van der Waals surface area (Å²) in [4.78, 5) is 42.8. The summed E-state index contributed by atoms with van der Waals surface area (Å²) in [5.74, 6) is 0.255. The molecule has 1 atom stereocenters. The summed E-state index contributed by atoms with van der Waals surface area (Å²) in [6, 6.07) is 7.26. The minimum Gasteiger partial charge on any atom is -0.497 e. The van der Waals surface area contributed by atoms with Gasteiger partial charge < -0.3 is 14.6 Å². The van der Waals surface area contributed by atoms with Gasteiger partial charge in [-0.2, -0.15) is 0 Å². The van der Waals surface area contributed by atoms with Crippen molar-refractivity contribution in [3.8, 4) is 5.75 Å². The monoisotopic (exact) mass is 442 g/mol. The fourth-order valence-corrected chi connectivity index (χ4v) is 4.18. The van der Waals surface area contributed by atoms with E-state index in [0.717, 1.165) is 35.9 Å². The van der Waals surface area contributed by atoms with E-state index < -0.39 is 0 Å². The highest BCUT2D eigenvalue weighted by molar-refractivity contribution is 8.18. The van der Waals surface area contributed by atoms with Crippen LogP contribution in [0.1, 0.15) is 37.8 Å². The maximum atomic E-state index is 12.6. The van der Waals surface area contributed by atoms with Gasteiger partial charge in [0.15, 0.2) is 0 Å². The third-order valence-corrected chi connectivity index (χ3v) is 5.84. The van der Waals surface area contributed by atoms with E-state index in [0.29, 0.717) is 11.3 Å². The number of hydrogen-bond donors (Lipinski definition) is 1. The number of thioether (sulfide) groups is 1. The molecular weight excluding hydrogens is 416 g/mol. The van der Waals surface area contributed by atoms with E-state index in [1.165, 1.54) is 4.90 Å². The van der Waals surface area contributed by atoms with E-state index in [1.54, 1.807) is 37.8 Å². The normalized spacial score (nSPS) is 16.1. The van der Waals surface area contributed by atoms with Crippen LogP contribution in [0.5, 0.6) is 5.75 Å². The Kier molecular flexibility index (Phi) is 7.88. The summed E-state index contributed by atoms with van der Waals surface area (Å²) in [7, 11) is 1.58. The molecule has 1 aliphatic rings. The number of carbonyl (C=O) groups is 3. The Morgan fingerprint density at radius 3 is 2.71 bits per heavy atom. The molecule has 0 spiro atoms. The number of benzene rings is 1. The lowest BCUT2D eigenvalue weighted by molar-refractivity contribution is -0.124. The molecule has 1 unspecified atom stereocenters. The molecule has 2 heterocycles. The van der Waals surface area contributed by atoms with Crippen LogP contribution >= 0.6 is 11.8 Å². The van der Waals surface area contributed by atoms with E-state index in [4.69, 9.17) is 4.74 Å². The number of rotatable bonds is 10. The average molecular weight is 443 g/mol. The number of amides is 3. The zero-order chi connectivity index (χ0) is 22.2. The van der Waals surface area contributed by atoms with Gasteiger partial charge in [0.25, 0.3) is 11.1 Å². The number of nitrogens with zero attached hydrogens (tertiary/aromatic N) is 3. The smallest absolute Gasteiger partial charge is 0.293 e. The summed E-state index contributed by atoms with van der Waals surface area (Å²) in [5.41, 5.74) is 0.807. The number of imide groups is 1. The molecule has 9 heteroatoms. The molecule has 0 aliphatic carbocycles. The highest BCUT2D eigenvalue weighted by Gasteiger charge is 2.34. The number of imidazole rings is 1. The fraction of sp³-hybridized carbons (Fsp3) is 0.364. The molecule has 1 aromatic heterocycles. The molecule has 1 fully saturated rings. The van der Waals surface area contributed by atoms with Gasteiger partial charge in [0.1, 0.15) is 5.75 Å². The molecule has 3 amide bonds. The maximum Gasteiger partial charge on any atom is 0.293 e. The highest BCUT2D eigenvalue weighted by atomic mass is 32.2. The van der Waals surface area contributed by atoms with Crippen LogP contribution in [0.3, 0.4) is 0 Å². The van der Waals surface area contributed by atoms with Gasteiger partial charge >= 0.3 is 0 Å². The van der Waals surface area contributed by atoms with Crippen LogP contribution in [0.4, 0.5) is 4.79 Å². The molecule has 164 valence electrons. The largest absolute Gasteiger partial charge is 0.497 e. The number of methoxy groups -OCH3 is 1. The van der Waals surface area contributed by atoms with E-state index in [1.807, 2.05) is 22.9 Å². The molecule has 8 nitrogen and oxygen atoms in total. The van der Waals surface area contributed by atoms with Crippen LogP contribution in [0.2, 0.25) is 0 Å². The van der Waals surface area contributed by atoms with Crippen LogP contribution in [0.15, 0.2) is 47.9 Å². The van der Waals surface area contributed by atoms with Gasteiger partial charge in [-0.1, -0.05) is 25.5 Å². The van der Waals surface area contributed by atoms with Crippen molar-refractivity contribution in [3.05, 3.63) is 53.5 Å². The first kappa shape index (κ1) is 22.6. The van der Waals surface area contributed by atoms with Gasteiger partial charge in [-0.05, 0) is 42.0 Å². The number of carbonyl (C=O) groups excluding carboxylic acids is 3. The van der Waals surface area contributed by atoms with Crippen LogP contribution in [0.25, 0.3) is 6.08 Å². The molecule has 0 bridgehead atoms. The Bertz CT molecular complexity index is 941. The lowest BCUT2D eigenvalue weighted by atomic mass is 10.1. The molecule has 1 N–H and O–H groups in total. The van der Waals surface area contributed by atoms with Gasteiger partial charge in [0.05, 0.1) is 18.3 Å². The Labute approximate surface area is 185 Å². The number of aromatic nitrogens is 2. The Hall–Kier alpha value is -3.07. The van der Waals surface area contributed by atoms with Crippen molar-refractivity contribution < 1.29 is 19.1 Å². The second-order valence-corrected chi connectivity index (χ2v) is 8.11. The first-order valence-electron chi connectivity index (χ1n) is 10.2. The van der Waals surface area contributed by atoms with Crippen LogP contribution in [-0.2, 0) is 9.59 Å². The molecule has 3 rings (SSSR count). The second kappa shape index (κ2) is 10.8. The molecule has 1 aliphatic heterocycles. The molecule has 0 saturated carbocycles. The SMILES string of the molecule is CCCC(CC(=O)NCCN1C(=O)SC(=Cc2ccc(OC)cc2)C1=O)n1ccnc1. The van der Waals surface area contributed by atoms with Crippen LogP contribution in [-0.4, -0.2) is 51.7 Å². The van der Waals surface area contributed by atoms with Gasteiger partial charge in [-0.25, -0.2) is 4.98 Å². The predicted molar refractivity (Wildman–Crippen MR) is 119 cm³/mol. The standard InChI is InChI=1S/C22H26N4O4S/c1-3-4-17(25-11-9-23-15-25)14-20(27)24-10-12-26-21(28)19(31-22(26)29)13-16-5-7-18(30-2)8-6-16/h5-9,11,13,15,17H,3-4,10,12,14H2,1-2H3,(H,24,27). The third kappa shape index (κ3) is 5.97. The summed E-state index contributed by atoms with van der Waals surface area (Å²) in [6.07, 6.45) is 9.08. The lowest BCUT2D eigenvalue weighted by Crippen LogP contribution is -2.37. The predicted octanol–water partition coefficient (Wildman–Crippen LogP) is 3.48. The molecule has 1 aromatic carbocycles. The quantitative estimate of drug-likeness (QED) is 0.566. The zero-order valence-electron chi connectivity index (χ0n) is 17.6. The van der Waals surface area contributed by atoms with Crippen molar-refractivity contribution in [3.63, 3.8) is 0 Å². The van der Waals surface area contributed by atoms with Crippen molar-refractivity contribution in [1.29, 1.82) is 0 Å². The lowest BCUT2D eigenvalue weighted by Gasteiger charge is -2.18. The molecule has 31 heavy (non-hydrogen) atoms. The maximum absolute atomic E-state index is 12.6. The summed E-state index contributed by atoms with van der Waals surface area (Å²) in [5, 5.41) is 2.49. The Morgan fingerprint density at radius 1 is 1.29 bits per heavy atom. The van der Waals surface area contributed by atoms with Crippen molar-refractivity contribution in [2.75, 3.05) is 20.2 Å². The van der Waals surface area contributed by atoms with Gasteiger partial charge in [0.2, 0.25) is 5.91 Å². The molecule has 2 aromatic rings. The van der Waals surface area contributed by atoms with E-state index in [2.05, 4.69) is 17.2 Å². The first-order chi connectivity index (χ1) is 15.0. The van der Waals surface area contributed by atoms with Crippen molar-refractivity contribution >= 4 is 34.9 Å². The van der Waals surface area contributed by atoms with Gasteiger partial charge in [-0.15, -0.1) is 0 Å². The molecular formula is C22H26N4O4S. The zero-order valence-corrected chi connectivity index (χ0v) is 18.4. The second-order valence-electron chi connectivity index (χ2n) is 7.11. The Balaban J connectivity index is 1.51. The third-order valence-electron chi connectivity index (χ3n) is 4.93. The topological polar surface area (TPSA) is 93.5 Å². The van der Waals surface area contributed by atoms with Crippen LogP contribution < -0.4 is 10.1 Å². The van der Waals surface area contributed by atoms with Crippen LogP contribution in [0, 0.1) is 0 Å².